The van der Waals surface area contributed by atoms with Crippen molar-refractivity contribution in [2.24, 2.45) is 0 Å². The fourth-order valence-corrected chi connectivity index (χ4v) is 4.19. The highest BCUT2D eigenvalue weighted by atomic mass is 32.2. The van der Waals surface area contributed by atoms with Gasteiger partial charge < -0.3 is 18.8 Å². The molecule has 0 bridgehead atoms. The zero-order valence-electron chi connectivity index (χ0n) is 15.9. The highest BCUT2D eigenvalue weighted by Gasteiger charge is 2.61. The van der Waals surface area contributed by atoms with E-state index in [4.69, 9.17) is 14.2 Å². The molecule has 6 nitrogen and oxygen atoms in total. The Hall–Kier alpha value is -1.31. The molecule has 0 aromatic heterocycles. The molecule has 1 atom stereocenters. The lowest BCUT2D eigenvalue weighted by atomic mass is 9.88. The Morgan fingerprint density at radius 1 is 1.44 bits per heavy atom. The maximum absolute atomic E-state index is 13.2. The van der Waals surface area contributed by atoms with Gasteiger partial charge in [0.05, 0.1) is 20.1 Å². The number of rotatable bonds is 5. The summed E-state index contributed by atoms with van der Waals surface area (Å²) in [6.07, 6.45) is 3.73. The molecule has 0 aliphatic carbocycles. The van der Waals surface area contributed by atoms with E-state index in [9.17, 15) is 9.35 Å². The van der Waals surface area contributed by atoms with Crippen LogP contribution in [0.25, 0.3) is 0 Å². The number of nitrogens with zero attached hydrogens (tertiary/aromatic N) is 1. The van der Waals surface area contributed by atoms with E-state index in [0.717, 1.165) is 5.57 Å². The third-order valence-corrected chi connectivity index (χ3v) is 6.21. The molecule has 7 heteroatoms. The van der Waals surface area contributed by atoms with E-state index in [2.05, 4.69) is 0 Å². The van der Waals surface area contributed by atoms with Crippen molar-refractivity contribution >= 4 is 23.5 Å². The largest absolute Gasteiger partial charge is 0.557 e. The van der Waals surface area contributed by atoms with Crippen LogP contribution in [0.3, 0.4) is 0 Å². The lowest BCUT2D eigenvalue weighted by Crippen LogP contribution is -2.63. The van der Waals surface area contributed by atoms with E-state index in [-0.39, 0.29) is 12.4 Å². The summed E-state index contributed by atoms with van der Waals surface area (Å²) in [6.45, 7) is 10.7. The topological polar surface area (TPSA) is 70.8 Å². The minimum atomic E-state index is -1.31. The van der Waals surface area contributed by atoms with Crippen LogP contribution in [0.15, 0.2) is 23.0 Å². The summed E-state index contributed by atoms with van der Waals surface area (Å²) in [5.41, 5.74) is 1.14. The molecule has 1 spiro atoms. The van der Waals surface area contributed by atoms with Gasteiger partial charge in [0, 0.05) is 11.1 Å². The minimum Gasteiger partial charge on any atom is -0.557 e. The number of carbonyl (C=O) groups excluding carboxylic acids is 1. The molecule has 2 heterocycles. The van der Waals surface area contributed by atoms with Crippen LogP contribution in [0.5, 0.6) is 0 Å². The van der Waals surface area contributed by atoms with E-state index in [1.807, 2.05) is 37.8 Å². The molecule has 2 rings (SSSR count). The predicted molar refractivity (Wildman–Crippen MR) is 96.8 cm³/mol. The number of esters is 1. The summed E-state index contributed by atoms with van der Waals surface area (Å²) in [6, 6.07) is 0. The fourth-order valence-electron chi connectivity index (χ4n) is 2.81. The first-order valence-corrected chi connectivity index (χ1v) is 9.52. The van der Waals surface area contributed by atoms with Crippen LogP contribution in [0.4, 0.5) is 0 Å². The standard InChI is InChI=1S/C18H28NO5S/c1-7-24-16(20)9-14-8-15(22-6)13(2)18(11-23-12-18)19(10-14)25(21)17(3,4)5/h8,10H,7,9,11-12H2,1-6H3/q+1. The Labute approximate surface area is 152 Å². The summed E-state index contributed by atoms with van der Waals surface area (Å²) in [7, 11) is 1.60. The van der Waals surface area contributed by atoms with E-state index in [0.29, 0.717) is 31.2 Å². The molecule has 1 saturated heterocycles. The summed E-state index contributed by atoms with van der Waals surface area (Å²) in [5.74, 6) is 0.354. The van der Waals surface area contributed by atoms with Crippen LogP contribution < -0.4 is 0 Å². The molecule has 140 valence electrons. The molecule has 0 amide bonds. The maximum Gasteiger partial charge on any atom is 0.310 e. The van der Waals surface area contributed by atoms with Crippen LogP contribution in [0.2, 0.25) is 0 Å². The van der Waals surface area contributed by atoms with Crippen molar-refractivity contribution in [2.45, 2.75) is 51.3 Å². The summed E-state index contributed by atoms with van der Waals surface area (Å²) >= 11 is -1.31. The van der Waals surface area contributed by atoms with Gasteiger partial charge in [-0.2, -0.15) is 0 Å². The van der Waals surface area contributed by atoms with Gasteiger partial charge in [-0.15, -0.1) is 0 Å². The van der Waals surface area contributed by atoms with Gasteiger partial charge in [0.15, 0.2) is 4.75 Å². The van der Waals surface area contributed by atoms with Crippen molar-refractivity contribution in [2.75, 3.05) is 26.9 Å². The normalized spacial score (nSPS) is 21.1. The van der Waals surface area contributed by atoms with Crippen molar-refractivity contribution < 1.29 is 27.5 Å². The molecule has 0 aromatic rings. The Morgan fingerprint density at radius 2 is 2.08 bits per heavy atom. The molecule has 25 heavy (non-hydrogen) atoms. The first-order chi connectivity index (χ1) is 11.7. The molecule has 2 aliphatic heterocycles. The second-order valence-electron chi connectivity index (χ2n) is 7.24. The van der Waals surface area contributed by atoms with Crippen LogP contribution in [0, 0.1) is 0 Å². The van der Waals surface area contributed by atoms with Gasteiger partial charge >= 0.3 is 5.97 Å². The fraction of sp³-hybridized carbons (Fsp3) is 0.667. The van der Waals surface area contributed by atoms with Crippen molar-refractivity contribution in [3.05, 3.63) is 23.0 Å². The van der Waals surface area contributed by atoms with Gasteiger partial charge in [0.2, 0.25) is 17.6 Å². The van der Waals surface area contributed by atoms with Gasteiger partial charge in [-0.1, -0.05) is 0 Å². The predicted octanol–water partition coefficient (Wildman–Crippen LogP) is 2.11. The third-order valence-electron chi connectivity index (χ3n) is 4.35. The van der Waals surface area contributed by atoms with Gasteiger partial charge in [-0.05, 0) is 44.7 Å². The third kappa shape index (κ3) is 3.93. The van der Waals surface area contributed by atoms with Gasteiger partial charge in [-0.3, -0.25) is 4.79 Å². The highest BCUT2D eigenvalue weighted by Crippen LogP contribution is 2.38. The van der Waals surface area contributed by atoms with Gasteiger partial charge in [0.25, 0.3) is 5.54 Å². The van der Waals surface area contributed by atoms with Crippen molar-refractivity contribution in [1.82, 2.24) is 0 Å². The summed E-state index contributed by atoms with van der Waals surface area (Å²) in [5, 5.41) is 0. The van der Waals surface area contributed by atoms with E-state index >= 15 is 0 Å². The van der Waals surface area contributed by atoms with Gasteiger partial charge in [0.1, 0.15) is 19.0 Å². The smallest absolute Gasteiger partial charge is 0.310 e. The Balaban J connectivity index is 2.53. The molecular formula is C18H28NO5S+. The Bertz CT molecular complexity index is 626. The molecule has 2 aliphatic rings. The van der Waals surface area contributed by atoms with Crippen molar-refractivity contribution in [3.63, 3.8) is 0 Å². The number of ether oxygens (including phenoxy) is 3. The molecule has 1 unspecified atom stereocenters. The molecule has 0 N–H and O–H groups in total. The van der Waals surface area contributed by atoms with E-state index in [1.54, 1.807) is 20.2 Å². The van der Waals surface area contributed by atoms with Gasteiger partial charge in [-0.25, -0.2) is 0 Å². The van der Waals surface area contributed by atoms with E-state index < -0.39 is 21.6 Å². The number of hydrogen-bond donors (Lipinski definition) is 0. The quantitative estimate of drug-likeness (QED) is 0.421. The second-order valence-corrected chi connectivity index (χ2v) is 9.35. The number of hydrogen-bond acceptors (Lipinski definition) is 5. The second kappa shape index (κ2) is 7.51. The number of allylic oxidation sites excluding steroid dienone is 1. The maximum atomic E-state index is 13.2. The zero-order valence-corrected chi connectivity index (χ0v) is 16.7. The van der Waals surface area contributed by atoms with E-state index in [1.165, 1.54) is 0 Å². The zero-order chi connectivity index (χ0) is 18.8. The highest BCUT2D eigenvalue weighted by molar-refractivity contribution is 7.86. The lowest BCUT2D eigenvalue weighted by molar-refractivity contribution is -0.499. The Kier molecular flexibility index (Phi) is 6.01. The van der Waals surface area contributed by atoms with Crippen molar-refractivity contribution in [1.29, 1.82) is 0 Å². The average molecular weight is 370 g/mol. The van der Waals surface area contributed by atoms with Crippen LogP contribution >= 0.6 is 0 Å². The molecule has 0 aromatic carbocycles. The molecule has 0 saturated carbocycles. The molecular weight excluding hydrogens is 342 g/mol. The van der Waals surface area contributed by atoms with Crippen LogP contribution in [-0.2, 0) is 30.4 Å². The summed E-state index contributed by atoms with van der Waals surface area (Å²) < 4.78 is 30.7. The van der Waals surface area contributed by atoms with Crippen LogP contribution in [-0.4, -0.2) is 57.9 Å². The van der Waals surface area contributed by atoms with Crippen molar-refractivity contribution in [3.8, 4) is 0 Å². The van der Waals surface area contributed by atoms with Crippen LogP contribution in [0.1, 0.15) is 41.0 Å². The monoisotopic (exact) mass is 370 g/mol. The summed E-state index contributed by atoms with van der Waals surface area (Å²) in [4.78, 5) is 12.0. The molecule has 1 fully saturated rings. The number of carbonyl (C=O) groups is 1. The Morgan fingerprint density at radius 3 is 2.52 bits per heavy atom. The first-order valence-electron chi connectivity index (χ1n) is 8.41. The number of methoxy groups -OCH3 is 1. The average Bonchev–Trinajstić information content (AvgIpc) is 2.60. The lowest BCUT2D eigenvalue weighted by Gasteiger charge is -2.38. The minimum absolute atomic E-state index is 0.1000. The molecule has 0 radical (unpaired) electrons. The first kappa shape index (κ1) is 20.0. The SMILES string of the molecule is CCOC(=O)CC1=CC(OC)=C(C)C2(COC2)[N+]([S+]([O-])C(C)(C)C)=C1.